The van der Waals surface area contributed by atoms with E-state index in [1.807, 2.05) is 0 Å². The molecule has 0 unspecified atom stereocenters. The van der Waals surface area contributed by atoms with Crippen LogP contribution in [0.25, 0.3) is 33.8 Å². The van der Waals surface area contributed by atoms with Gasteiger partial charge in [-0.05, 0) is 24.3 Å². The van der Waals surface area contributed by atoms with E-state index in [-0.39, 0.29) is 23.0 Å². The fourth-order valence-corrected chi connectivity index (χ4v) is 4.94. The summed E-state index contributed by atoms with van der Waals surface area (Å²) in [5.41, 5.74) is 2.78. The zero-order valence-electron chi connectivity index (χ0n) is 23.7. The number of imidazole rings is 2. The Morgan fingerprint density at radius 2 is 1.34 bits per heavy atom. The van der Waals surface area contributed by atoms with E-state index in [1.54, 1.807) is 89.1 Å². The van der Waals surface area contributed by atoms with Crippen LogP contribution in [0, 0.1) is 0 Å². The highest BCUT2D eigenvalue weighted by atomic mass is 32.1. The second kappa shape index (κ2) is 14.8. The summed E-state index contributed by atoms with van der Waals surface area (Å²) in [6, 6.07) is 19.2. The first-order valence-corrected chi connectivity index (χ1v) is 14.3. The Morgan fingerprint density at radius 3 is 1.94 bits per heavy atom. The second-order valence-electron chi connectivity index (χ2n) is 9.23. The van der Waals surface area contributed by atoms with Gasteiger partial charge in [0, 0.05) is 46.2 Å². The molecule has 0 radical (unpaired) electrons. The van der Waals surface area contributed by atoms with Gasteiger partial charge in [0.2, 0.25) is 0 Å². The smallest absolute Gasteiger partial charge is 0.296 e. The number of halogens is 4. The third-order valence-electron chi connectivity index (χ3n) is 6.45. The summed E-state index contributed by atoms with van der Waals surface area (Å²) in [4.78, 5) is 40.9. The maximum absolute atomic E-state index is 13.3. The van der Waals surface area contributed by atoms with Crippen molar-refractivity contribution in [3.63, 3.8) is 0 Å². The van der Waals surface area contributed by atoms with E-state index in [0.717, 1.165) is 0 Å². The van der Waals surface area contributed by atoms with Crippen LogP contribution >= 0.6 is 11.3 Å². The van der Waals surface area contributed by atoms with Gasteiger partial charge < -0.3 is 0 Å². The standard InChI is InChI=1S/C17H11F2N5OS.C13H9F2N3.CO2/c18-15(19)11-4-2-1-3-10(11)12-5-6-14-21-9-13(24(14)23-12)16(25)22-17-20-7-8-26-17;14-13(15)10-4-2-1-3-9(10)11-5-6-12-16-7-8-18(12)17-11;2-1-3/h1-9,15H,(H,20,22,25);1-8,13H;. The quantitative estimate of drug-likeness (QED) is 0.193. The summed E-state index contributed by atoms with van der Waals surface area (Å²) in [6.45, 7) is 0. The van der Waals surface area contributed by atoms with Gasteiger partial charge in [0.05, 0.1) is 17.6 Å². The highest BCUT2D eigenvalue weighted by Gasteiger charge is 2.18. The lowest BCUT2D eigenvalue weighted by Crippen LogP contribution is -2.15. The third kappa shape index (κ3) is 7.41. The van der Waals surface area contributed by atoms with Crippen molar-refractivity contribution < 1.29 is 31.9 Å². The molecule has 0 saturated heterocycles. The Bertz CT molecular complexity index is 2160. The van der Waals surface area contributed by atoms with Gasteiger partial charge in [-0.2, -0.15) is 19.8 Å². The highest BCUT2D eigenvalue weighted by Crippen LogP contribution is 2.31. The Kier molecular flexibility index (Phi) is 10.1. The monoisotopic (exact) mass is 660 g/mol. The molecule has 11 nitrogen and oxygen atoms in total. The van der Waals surface area contributed by atoms with Crippen LogP contribution in [0.5, 0.6) is 0 Å². The number of alkyl halides is 4. The average Bonchev–Trinajstić information content (AvgIpc) is 3.86. The Labute approximate surface area is 266 Å². The first kappa shape index (κ1) is 32.3. The van der Waals surface area contributed by atoms with Gasteiger partial charge >= 0.3 is 6.15 Å². The molecule has 0 aliphatic rings. The molecule has 1 amide bonds. The number of nitrogens with zero attached hydrogens (tertiary/aromatic N) is 7. The number of benzene rings is 2. The van der Waals surface area contributed by atoms with Crippen LogP contribution in [0.2, 0.25) is 0 Å². The van der Waals surface area contributed by atoms with Gasteiger partial charge in [-0.3, -0.25) is 10.1 Å². The number of fused-ring (bicyclic) bond motifs is 2. The van der Waals surface area contributed by atoms with E-state index < -0.39 is 18.8 Å². The summed E-state index contributed by atoms with van der Waals surface area (Å²) in [7, 11) is 0. The van der Waals surface area contributed by atoms with E-state index >= 15 is 0 Å². The van der Waals surface area contributed by atoms with Crippen molar-refractivity contribution in [1.82, 2.24) is 34.2 Å². The lowest BCUT2D eigenvalue weighted by atomic mass is 10.0. The van der Waals surface area contributed by atoms with Crippen LogP contribution in [0.3, 0.4) is 0 Å². The van der Waals surface area contributed by atoms with Crippen molar-refractivity contribution in [2.24, 2.45) is 0 Å². The maximum Gasteiger partial charge on any atom is 0.373 e. The summed E-state index contributed by atoms with van der Waals surface area (Å²) in [5.74, 6) is -0.431. The lowest BCUT2D eigenvalue weighted by Gasteiger charge is -2.09. The molecule has 0 bridgehead atoms. The number of hydrogen-bond donors (Lipinski definition) is 1. The predicted octanol–water partition coefficient (Wildman–Crippen LogP) is 6.79. The SMILES string of the molecule is FC(F)c1ccccc1-c1ccc2nccn2n1.O=C(Nc1nccs1)c1cnc2ccc(-c3ccccc3C(F)F)nn12.O=C=O. The van der Waals surface area contributed by atoms with Crippen molar-refractivity contribution in [1.29, 1.82) is 0 Å². The van der Waals surface area contributed by atoms with Crippen LogP contribution in [-0.4, -0.2) is 46.2 Å². The summed E-state index contributed by atoms with van der Waals surface area (Å²) in [6.07, 6.45) is 1.37. The largest absolute Gasteiger partial charge is 0.373 e. The molecule has 0 spiro atoms. The molecule has 0 fully saturated rings. The van der Waals surface area contributed by atoms with Crippen molar-refractivity contribution in [3.05, 3.63) is 120 Å². The fraction of sp³-hybridized carbons (Fsp3) is 0.0645. The maximum atomic E-state index is 13.3. The molecule has 0 saturated carbocycles. The van der Waals surface area contributed by atoms with Crippen LogP contribution in [0.15, 0.2) is 103 Å². The minimum Gasteiger partial charge on any atom is -0.296 e. The number of carbonyl (C=O) groups excluding carboxylic acids is 3. The van der Waals surface area contributed by atoms with Gasteiger partial charge in [-0.1, -0.05) is 48.5 Å². The number of hydrogen-bond acceptors (Lipinski definition) is 9. The minimum absolute atomic E-state index is 0.00975. The molecule has 236 valence electrons. The predicted molar refractivity (Wildman–Crippen MR) is 162 cm³/mol. The molecular weight excluding hydrogens is 640 g/mol. The first-order chi connectivity index (χ1) is 22.8. The highest BCUT2D eigenvalue weighted by molar-refractivity contribution is 7.13. The molecule has 0 atom stereocenters. The van der Waals surface area contributed by atoms with Crippen LogP contribution in [0.1, 0.15) is 34.5 Å². The second-order valence-corrected chi connectivity index (χ2v) is 10.1. The molecule has 47 heavy (non-hydrogen) atoms. The van der Waals surface area contributed by atoms with E-state index in [1.165, 1.54) is 34.2 Å². The lowest BCUT2D eigenvalue weighted by molar-refractivity contribution is -0.191. The molecular formula is C31H20F4N8O3S. The number of amides is 1. The molecule has 5 heterocycles. The number of nitrogens with one attached hydrogen (secondary N) is 1. The number of rotatable bonds is 6. The van der Waals surface area contributed by atoms with Crippen LogP contribution in [-0.2, 0) is 9.59 Å². The van der Waals surface area contributed by atoms with E-state index in [4.69, 9.17) is 9.59 Å². The minimum atomic E-state index is -2.63. The molecule has 1 N–H and O–H groups in total. The van der Waals surface area contributed by atoms with E-state index in [2.05, 4.69) is 30.5 Å². The molecule has 2 aromatic carbocycles. The van der Waals surface area contributed by atoms with Crippen molar-refractivity contribution >= 4 is 39.8 Å². The summed E-state index contributed by atoms with van der Waals surface area (Å²) < 4.78 is 55.3. The normalized spacial score (nSPS) is 10.7. The Hall–Kier alpha value is -6.12. The molecule has 0 aliphatic heterocycles. The zero-order chi connectivity index (χ0) is 33.3. The van der Waals surface area contributed by atoms with Crippen molar-refractivity contribution in [2.75, 3.05) is 5.32 Å². The molecule has 0 aliphatic carbocycles. The zero-order valence-corrected chi connectivity index (χ0v) is 24.6. The first-order valence-electron chi connectivity index (χ1n) is 13.4. The van der Waals surface area contributed by atoms with Gasteiger partial charge in [-0.25, -0.2) is 41.5 Å². The Morgan fingerprint density at radius 1 is 0.745 bits per heavy atom. The summed E-state index contributed by atoms with van der Waals surface area (Å²) >= 11 is 1.28. The molecule has 16 heteroatoms. The third-order valence-corrected chi connectivity index (χ3v) is 7.14. The van der Waals surface area contributed by atoms with E-state index in [0.29, 0.717) is 38.9 Å². The molecule has 5 aromatic heterocycles. The molecule has 7 rings (SSSR count). The van der Waals surface area contributed by atoms with Crippen LogP contribution in [0.4, 0.5) is 22.7 Å². The topological polar surface area (TPSA) is 137 Å². The van der Waals surface area contributed by atoms with Gasteiger partial charge in [-0.15, -0.1) is 11.3 Å². The average molecular weight is 661 g/mol. The number of carbonyl (C=O) groups is 1. The summed E-state index contributed by atoms with van der Waals surface area (Å²) in [5, 5.41) is 13.5. The fourth-order valence-electron chi connectivity index (χ4n) is 4.42. The Balaban J connectivity index is 0.000000180. The van der Waals surface area contributed by atoms with E-state index in [9.17, 15) is 22.4 Å². The number of aromatic nitrogens is 7. The van der Waals surface area contributed by atoms with Gasteiger partial charge in [0.1, 0.15) is 0 Å². The van der Waals surface area contributed by atoms with Crippen molar-refractivity contribution in [2.45, 2.75) is 12.9 Å². The van der Waals surface area contributed by atoms with Crippen LogP contribution < -0.4 is 5.32 Å². The molecule has 7 aromatic rings. The number of anilines is 1. The number of thiazole rings is 1. The van der Waals surface area contributed by atoms with Crippen molar-refractivity contribution in [3.8, 4) is 22.5 Å². The van der Waals surface area contributed by atoms with Gasteiger partial charge in [0.25, 0.3) is 18.8 Å². The van der Waals surface area contributed by atoms with Gasteiger partial charge in [0.15, 0.2) is 22.1 Å².